The summed E-state index contributed by atoms with van der Waals surface area (Å²) in [6, 6.07) is -3.20. The number of carboxylic acid groups (broad SMARTS) is 1. The molecule has 0 unspecified atom stereocenters. The molecule has 150 valence electrons. The zero-order chi connectivity index (χ0) is 20.3. The molecular formula is C16H31N5O5. The lowest BCUT2D eigenvalue weighted by Crippen LogP contribution is -2.55. The van der Waals surface area contributed by atoms with Crippen molar-refractivity contribution in [2.75, 3.05) is 6.54 Å². The van der Waals surface area contributed by atoms with E-state index in [4.69, 9.17) is 17.2 Å². The van der Waals surface area contributed by atoms with Crippen molar-refractivity contribution in [1.29, 1.82) is 0 Å². The molecular weight excluding hydrogens is 342 g/mol. The number of amides is 3. The summed E-state index contributed by atoms with van der Waals surface area (Å²) in [6.07, 6.45) is 1.38. The minimum absolute atomic E-state index is 0.0546. The molecule has 0 aliphatic carbocycles. The molecule has 0 aromatic heterocycles. The van der Waals surface area contributed by atoms with Gasteiger partial charge in [-0.15, -0.1) is 0 Å². The monoisotopic (exact) mass is 373 g/mol. The first-order valence-electron chi connectivity index (χ1n) is 8.65. The number of hydrogen-bond acceptors (Lipinski definition) is 6. The lowest BCUT2D eigenvalue weighted by Gasteiger charge is -2.24. The van der Waals surface area contributed by atoms with Crippen molar-refractivity contribution in [3.63, 3.8) is 0 Å². The Hall–Kier alpha value is -2.20. The van der Waals surface area contributed by atoms with Crippen LogP contribution in [0.15, 0.2) is 0 Å². The number of hydrogen-bond donors (Lipinski definition) is 6. The quantitative estimate of drug-likeness (QED) is 0.210. The minimum Gasteiger partial charge on any atom is -0.480 e. The van der Waals surface area contributed by atoms with E-state index in [1.54, 1.807) is 0 Å². The third-order valence-electron chi connectivity index (χ3n) is 3.66. The molecule has 10 heteroatoms. The van der Waals surface area contributed by atoms with Crippen LogP contribution < -0.4 is 27.8 Å². The van der Waals surface area contributed by atoms with Gasteiger partial charge in [-0.2, -0.15) is 0 Å². The topological polar surface area (TPSA) is 191 Å². The van der Waals surface area contributed by atoms with Crippen LogP contribution in [0.25, 0.3) is 0 Å². The maximum atomic E-state index is 12.5. The molecule has 0 saturated carbocycles. The van der Waals surface area contributed by atoms with E-state index in [0.717, 1.165) is 0 Å². The van der Waals surface area contributed by atoms with Crippen molar-refractivity contribution in [3.8, 4) is 0 Å². The predicted octanol–water partition coefficient (Wildman–Crippen LogP) is -1.58. The highest BCUT2D eigenvalue weighted by Gasteiger charge is 2.28. The van der Waals surface area contributed by atoms with Crippen LogP contribution in [0.4, 0.5) is 0 Å². The molecule has 3 amide bonds. The number of carbonyl (C=O) groups excluding carboxylic acids is 3. The Morgan fingerprint density at radius 1 is 1.00 bits per heavy atom. The van der Waals surface area contributed by atoms with Gasteiger partial charge in [0.1, 0.15) is 12.1 Å². The molecule has 0 aliphatic heterocycles. The van der Waals surface area contributed by atoms with Gasteiger partial charge < -0.3 is 32.9 Å². The molecule has 0 spiro atoms. The molecule has 26 heavy (non-hydrogen) atoms. The molecule has 0 bridgehead atoms. The zero-order valence-corrected chi connectivity index (χ0v) is 15.4. The van der Waals surface area contributed by atoms with E-state index in [2.05, 4.69) is 10.6 Å². The molecule has 0 saturated heterocycles. The summed E-state index contributed by atoms with van der Waals surface area (Å²) in [5.74, 6) is -3.14. The number of aliphatic carboxylic acids is 1. The first kappa shape index (κ1) is 23.8. The second-order valence-electron chi connectivity index (χ2n) is 6.65. The number of nitrogens with two attached hydrogens (primary N) is 3. The normalized spacial score (nSPS) is 14.3. The highest BCUT2D eigenvalue weighted by Crippen LogP contribution is 2.08. The molecule has 0 fully saturated rings. The van der Waals surface area contributed by atoms with Gasteiger partial charge in [0, 0.05) is 0 Å². The molecule has 0 radical (unpaired) electrons. The summed E-state index contributed by atoms with van der Waals surface area (Å²) in [7, 11) is 0. The van der Waals surface area contributed by atoms with Crippen LogP contribution in [0.1, 0.15) is 46.0 Å². The summed E-state index contributed by atoms with van der Waals surface area (Å²) in [5, 5.41) is 14.2. The number of primary amides is 1. The lowest BCUT2D eigenvalue weighted by molar-refractivity contribution is -0.142. The third-order valence-corrected chi connectivity index (χ3v) is 3.66. The maximum Gasteiger partial charge on any atom is 0.326 e. The molecule has 0 heterocycles. The lowest BCUT2D eigenvalue weighted by atomic mass is 10.0. The largest absolute Gasteiger partial charge is 0.480 e. The number of rotatable bonds is 13. The van der Waals surface area contributed by atoms with Crippen LogP contribution in [0.3, 0.4) is 0 Å². The van der Waals surface area contributed by atoms with Gasteiger partial charge in [-0.1, -0.05) is 13.8 Å². The van der Waals surface area contributed by atoms with E-state index in [9.17, 15) is 24.3 Å². The van der Waals surface area contributed by atoms with E-state index in [1.165, 1.54) is 0 Å². The van der Waals surface area contributed by atoms with Crippen molar-refractivity contribution in [2.45, 2.75) is 64.1 Å². The highest BCUT2D eigenvalue weighted by molar-refractivity contribution is 5.93. The summed E-state index contributed by atoms with van der Waals surface area (Å²) < 4.78 is 0. The SMILES string of the molecule is CC(C)C[C@H](NC(=O)[C@@H](N)CC(N)=O)C(=O)N[C@@H](CCCCN)C(=O)O. The van der Waals surface area contributed by atoms with E-state index < -0.39 is 41.8 Å². The molecule has 0 rings (SSSR count). The maximum absolute atomic E-state index is 12.5. The van der Waals surface area contributed by atoms with E-state index in [1.807, 2.05) is 13.8 Å². The Labute approximate surface area is 153 Å². The minimum atomic E-state index is -1.17. The van der Waals surface area contributed by atoms with E-state index in [-0.39, 0.29) is 25.2 Å². The van der Waals surface area contributed by atoms with Crippen LogP contribution in [0.2, 0.25) is 0 Å². The Kier molecular flexibility index (Phi) is 11.2. The zero-order valence-electron chi connectivity index (χ0n) is 15.4. The van der Waals surface area contributed by atoms with E-state index in [0.29, 0.717) is 19.4 Å². The average Bonchev–Trinajstić information content (AvgIpc) is 2.51. The fraction of sp³-hybridized carbons (Fsp3) is 0.750. The van der Waals surface area contributed by atoms with Crippen LogP contribution >= 0.6 is 0 Å². The highest BCUT2D eigenvalue weighted by atomic mass is 16.4. The summed E-state index contributed by atoms with van der Waals surface area (Å²) in [5.41, 5.74) is 16.0. The van der Waals surface area contributed by atoms with E-state index >= 15 is 0 Å². The van der Waals surface area contributed by atoms with Crippen LogP contribution in [0, 0.1) is 5.92 Å². The Morgan fingerprint density at radius 3 is 2.04 bits per heavy atom. The Morgan fingerprint density at radius 2 is 1.58 bits per heavy atom. The number of unbranched alkanes of at least 4 members (excludes halogenated alkanes) is 1. The molecule has 10 nitrogen and oxygen atoms in total. The summed E-state index contributed by atoms with van der Waals surface area (Å²) in [4.78, 5) is 46.7. The summed E-state index contributed by atoms with van der Waals surface area (Å²) >= 11 is 0. The second-order valence-corrected chi connectivity index (χ2v) is 6.65. The van der Waals surface area contributed by atoms with Crippen LogP contribution in [-0.2, 0) is 19.2 Å². The van der Waals surface area contributed by atoms with Gasteiger partial charge in [0.25, 0.3) is 0 Å². The number of nitrogens with one attached hydrogen (secondary N) is 2. The molecule has 9 N–H and O–H groups in total. The smallest absolute Gasteiger partial charge is 0.326 e. The van der Waals surface area contributed by atoms with Gasteiger partial charge in [-0.25, -0.2) is 4.79 Å². The Bertz CT molecular complexity index is 497. The van der Waals surface area contributed by atoms with Crippen molar-refractivity contribution in [2.24, 2.45) is 23.1 Å². The van der Waals surface area contributed by atoms with Crippen molar-refractivity contribution in [3.05, 3.63) is 0 Å². The molecule has 3 atom stereocenters. The van der Waals surface area contributed by atoms with Crippen LogP contribution in [-0.4, -0.2) is 53.5 Å². The first-order chi connectivity index (χ1) is 12.1. The molecule has 0 aromatic rings. The van der Waals surface area contributed by atoms with Crippen molar-refractivity contribution in [1.82, 2.24) is 10.6 Å². The third kappa shape index (κ3) is 9.94. The Balaban J connectivity index is 4.97. The van der Waals surface area contributed by atoms with Gasteiger partial charge in [-0.05, 0) is 38.1 Å². The van der Waals surface area contributed by atoms with Gasteiger partial charge in [0.15, 0.2) is 0 Å². The fourth-order valence-corrected chi connectivity index (χ4v) is 2.31. The van der Waals surface area contributed by atoms with Gasteiger partial charge in [0.05, 0.1) is 12.5 Å². The molecule has 0 aliphatic rings. The standard InChI is InChI=1S/C16H31N5O5/c1-9(2)7-12(21-14(23)10(18)8-13(19)22)15(24)20-11(16(25)26)5-3-4-6-17/h9-12H,3-8,17-18H2,1-2H3,(H2,19,22)(H,20,24)(H,21,23)(H,25,26)/t10-,11-,12-/m0/s1. The number of carbonyl (C=O) groups is 4. The van der Waals surface area contributed by atoms with Crippen LogP contribution in [0.5, 0.6) is 0 Å². The second kappa shape index (κ2) is 12.2. The van der Waals surface area contributed by atoms with Crippen molar-refractivity contribution >= 4 is 23.7 Å². The fourth-order valence-electron chi connectivity index (χ4n) is 2.31. The number of carboxylic acids is 1. The van der Waals surface area contributed by atoms with Gasteiger partial charge in [0.2, 0.25) is 17.7 Å². The van der Waals surface area contributed by atoms with Crippen molar-refractivity contribution < 1.29 is 24.3 Å². The van der Waals surface area contributed by atoms with Gasteiger partial charge >= 0.3 is 5.97 Å². The average molecular weight is 373 g/mol. The molecule has 0 aromatic carbocycles. The van der Waals surface area contributed by atoms with Gasteiger partial charge in [-0.3, -0.25) is 14.4 Å². The predicted molar refractivity (Wildman–Crippen MR) is 95.6 cm³/mol. The first-order valence-corrected chi connectivity index (χ1v) is 8.65. The summed E-state index contributed by atoms with van der Waals surface area (Å²) in [6.45, 7) is 4.14.